The Bertz CT molecular complexity index is 571. The highest BCUT2D eigenvalue weighted by atomic mass is 32.2. The minimum absolute atomic E-state index is 0.116. The quantitative estimate of drug-likeness (QED) is 0.808. The molecule has 3 unspecified atom stereocenters. The maximum atomic E-state index is 12.5. The number of hydrogen-bond acceptors (Lipinski definition) is 3. The van der Waals surface area contributed by atoms with Crippen molar-refractivity contribution in [1.29, 1.82) is 0 Å². The summed E-state index contributed by atoms with van der Waals surface area (Å²) in [6, 6.07) is 8.04. The average molecular weight is 289 g/mol. The third-order valence-corrected chi connectivity index (χ3v) is 5.98. The lowest BCUT2D eigenvalue weighted by molar-refractivity contribution is -0.139. The summed E-state index contributed by atoms with van der Waals surface area (Å²) >= 11 is 1.88. The van der Waals surface area contributed by atoms with Crippen molar-refractivity contribution in [3.63, 3.8) is 0 Å². The fraction of sp³-hybridized carbons (Fsp3) is 0.500. The van der Waals surface area contributed by atoms with Gasteiger partial charge in [0.1, 0.15) is 0 Å². The van der Waals surface area contributed by atoms with Crippen LogP contribution in [0.5, 0.6) is 0 Å². The highest BCUT2D eigenvalue weighted by molar-refractivity contribution is 8.00. The number of benzene rings is 1. The molecule has 0 aromatic heterocycles. The Kier molecular flexibility index (Phi) is 3.36. The van der Waals surface area contributed by atoms with Gasteiger partial charge in [0.2, 0.25) is 11.8 Å². The van der Waals surface area contributed by atoms with Crippen molar-refractivity contribution >= 4 is 23.6 Å². The topological polar surface area (TPSA) is 46.2 Å². The molecule has 2 aliphatic heterocycles. The first kappa shape index (κ1) is 13.7. The standard InChI is InChI=1S/C16H19NO2S/c1-10-5-3-4-6-12(10)14-15(19)17-13(18)8-16(14)7-11(2)20-9-16/h3-6,11,14H,7-9H2,1-2H3,(H,17,18,19). The minimum Gasteiger partial charge on any atom is -0.296 e. The molecule has 4 heteroatoms. The molecular formula is C16H19NO2S. The lowest BCUT2D eigenvalue weighted by Gasteiger charge is -2.40. The van der Waals surface area contributed by atoms with Crippen LogP contribution in [0.4, 0.5) is 0 Å². The monoisotopic (exact) mass is 289 g/mol. The molecule has 106 valence electrons. The molecule has 2 fully saturated rings. The van der Waals surface area contributed by atoms with Gasteiger partial charge in [0.25, 0.3) is 0 Å². The molecule has 2 aliphatic rings. The highest BCUT2D eigenvalue weighted by Gasteiger charge is 2.52. The Morgan fingerprint density at radius 2 is 2.05 bits per heavy atom. The first-order chi connectivity index (χ1) is 9.52. The van der Waals surface area contributed by atoms with Gasteiger partial charge < -0.3 is 0 Å². The van der Waals surface area contributed by atoms with E-state index in [1.807, 2.05) is 43.0 Å². The molecule has 3 nitrogen and oxygen atoms in total. The Hall–Kier alpha value is -1.29. The maximum Gasteiger partial charge on any atom is 0.234 e. The van der Waals surface area contributed by atoms with E-state index in [1.54, 1.807) is 0 Å². The molecule has 1 N–H and O–H groups in total. The minimum atomic E-state index is -0.199. The SMILES string of the molecule is Cc1ccccc1C1C(=O)NC(=O)CC12CSC(C)C2. The molecule has 2 saturated heterocycles. The first-order valence-electron chi connectivity index (χ1n) is 7.03. The van der Waals surface area contributed by atoms with E-state index < -0.39 is 0 Å². The summed E-state index contributed by atoms with van der Waals surface area (Å²) in [7, 11) is 0. The van der Waals surface area contributed by atoms with E-state index in [9.17, 15) is 9.59 Å². The van der Waals surface area contributed by atoms with Gasteiger partial charge in [0.15, 0.2) is 0 Å². The van der Waals surface area contributed by atoms with E-state index in [-0.39, 0.29) is 23.1 Å². The van der Waals surface area contributed by atoms with Crippen molar-refractivity contribution in [3.05, 3.63) is 35.4 Å². The molecule has 0 radical (unpaired) electrons. The van der Waals surface area contributed by atoms with E-state index in [0.29, 0.717) is 11.7 Å². The van der Waals surface area contributed by atoms with Crippen molar-refractivity contribution in [2.24, 2.45) is 5.41 Å². The normalized spacial score (nSPS) is 33.5. The van der Waals surface area contributed by atoms with E-state index in [4.69, 9.17) is 0 Å². The summed E-state index contributed by atoms with van der Waals surface area (Å²) in [5.74, 6) is 0.463. The number of carbonyl (C=O) groups excluding carboxylic acids is 2. The molecule has 1 spiro atoms. The Morgan fingerprint density at radius 1 is 1.30 bits per heavy atom. The Labute approximate surface area is 123 Å². The number of rotatable bonds is 1. The number of thioether (sulfide) groups is 1. The molecule has 3 rings (SSSR count). The predicted octanol–water partition coefficient (Wildman–Crippen LogP) is 2.64. The third kappa shape index (κ3) is 2.16. The van der Waals surface area contributed by atoms with Gasteiger partial charge in [-0.1, -0.05) is 31.2 Å². The smallest absolute Gasteiger partial charge is 0.234 e. The number of amides is 2. The third-order valence-electron chi connectivity index (χ3n) is 4.50. The van der Waals surface area contributed by atoms with Crippen LogP contribution < -0.4 is 5.32 Å². The Balaban J connectivity index is 2.07. The largest absolute Gasteiger partial charge is 0.296 e. The summed E-state index contributed by atoms with van der Waals surface area (Å²) in [5, 5.41) is 3.05. The van der Waals surface area contributed by atoms with E-state index in [0.717, 1.165) is 23.3 Å². The van der Waals surface area contributed by atoms with Crippen molar-refractivity contribution in [1.82, 2.24) is 5.32 Å². The number of nitrogens with one attached hydrogen (secondary N) is 1. The highest BCUT2D eigenvalue weighted by Crippen LogP contribution is 2.54. The number of imide groups is 1. The van der Waals surface area contributed by atoms with Crippen LogP contribution in [-0.4, -0.2) is 22.8 Å². The molecule has 0 bridgehead atoms. The zero-order valence-electron chi connectivity index (χ0n) is 11.8. The van der Waals surface area contributed by atoms with Gasteiger partial charge in [-0.05, 0) is 24.5 Å². The molecule has 20 heavy (non-hydrogen) atoms. The lowest BCUT2D eigenvalue weighted by Crippen LogP contribution is -2.51. The molecule has 0 aliphatic carbocycles. The van der Waals surface area contributed by atoms with Gasteiger partial charge in [0.05, 0.1) is 5.92 Å². The van der Waals surface area contributed by atoms with Gasteiger partial charge in [-0.2, -0.15) is 11.8 Å². The van der Waals surface area contributed by atoms with Crippen LogP contribution in [0.3, 0.4) is 0 Å². The van der Waals surface area contributed by atoms with Crippen molar-refractivity contribution in [2.75, 3.05) is 5.75 Å². The fourth-order valence-corrected chi connectivity index (χ4v) is 5.11. The van der Waals surface area contributed by atoms with Crippen molar-refractivity contribution in [3.8, 4) is 0 Å². The summed E-state index contributed by atoms with van der Waals surface area (Å²) in [6.45, 7) is 4.23. The van der Waals surface area contributed by atoms with Crippen LogP contribution in [-0.2, 0) is 9.59 Å². The predicted molar refractivity (Wildman–Crippen MR) is 80.7 cm³/mol. The van der Waals surface area contributed by atoms with Crippen LogP contribution in [0, 0.1) is 12.3 Å². The van der Waals surface area contributed by atoms with Gasteiger partial charge in [-0.3, -0.25) is 14.9 Å². The molecule has 1 aromatic carbocycles. The average Bonchev–Trinajstić information content (AvgIpc) is 2.72. The maximum absolute atomic E-state index is 12.5. The number of carbonyl (C=O) groups is 2. The van der Waals surface area contributed by atoms with Crippen LogP contribution in [0.15, 0.2) is 24.3 Å². The van der Waals surface area contributed by atoms with Crippen LogP contribution >= 0.6 is 11.8 Å². The zero-order chi connectivity index (χ0) is 14.3. The number of aryl methyl sites for hydroxylation is 1. The summed E-state index contributed by atoms with van der Waals surface area (Å²) in [5.41, 5.74) is 2.01. The summed E-state index contributed by atoms with van der Waals surface area (Å²) in [4.78, 5) is 24.3. The number of piperidine rings is 1. The zero-order valence-corrected chi connectivity index (χ0v) is 12.6. The molecular weight excluding hydrogens is 270 g/mol. The van der Waals surface area contributed by atoms with Gasteiger partial charge in [-0.25, -0.2) is 0 Å². The Morgan fingerprint density at radius 3 is 2.70 bits per heavy atom. The second-order valence-corrected chi connectivity index (χ2v) is 7.49. The van der Waals surface area contributed by atoms with E-state index >= 15 is 0 Å². The van der Waals surface area contributed by atoms with Crippen molar-refractivity contribution in [2.45, 2.75) is 37.9 Å². The van der Waals surface area contributed by atoms with E-state index in [1.165, 1.54) is 0 Å². The molecule has 3 atom stereocenters. The molecule has 1 aromatic rings. The van der Waals surface area contributed by atoms with Gasteiger partial charge in [0, 0.05) is 22.8 Å². The fourth-order valence-electron chi connectivity index (χ4n) is 3.66. The second kappa shape index (κ2) is 4.92. The number of hydrogen-bond donors (Lipinski definition) is 1. The van der Waals surface area contributed by atoms with Crippen LogP contribution in [0.1, 0.15) is 36.8 Å². The molecule has 0 saturated carbocycles. The molecule has 2 amide bonds. The lowest BCUT2D eigenvalue weighted by atomic mass is 9.65. The summed E-state index contributed by atoms with van der Waals surface area (Å²) in [6.07, 6.45) is 1.41. The van der Waals surface area contributed by atoms with E-state index in [2.05, 4.69) is 12.2 Å². The summed E-state index contributed by atoms with van der Waals surface area (Å²) < 4.78 is 0. The first-order valence-corrected chi connectivity index (χ1v) is 8.07. The van der Waals surface area contributed by atoms with Crippen LogP contribution in [0.2, 0.25) is 0 Å². The second-order valence-electron chi connectivity index (χ2n) is 6.07. The van der Waals surface area contributed by atoms with Gasteiger partial charge >= 0.3 is 0 Å². The van der Waals surface area contributed by atoms with Crippen molar-refractivity contribution < 1.29 is 9.59 Å². The molecule has 2 heterocycles. The van der Waals surface area contributed by atoms with Crippen LogP contribution in [0.25, 0.3) is 0 Å². The van der Waals surface area contributed by atoms with Gasteiger partial charge in [-0.15, -0.1) is 0 Å².